The van der Waals surface area contributed by atoms with E-state index in [1.165, 1.54) is 4.90 Å². The zero-order valence-electron chi connectivity index (χ0n) is 10.4. The Labute approximate surface area is 113 Å². The van der Waals surface area contributed by atoms with Crippen molar-refractivity contribution in [1.82, 2.24) is 4.31 Å². The molecule has 6 heteroatoms. The van der Waals surface area contributed by atoms with Crippen LogP contribution in [0.4, 0.5) is 0 Å². The lowest BCUT2D eigenvalue weighted by Crippen LogP contribution is -3.14. The van der Waals surface area contributed by atoms with Crippen molar-refractivity contribution in [3.63, 3.8) is 0 Å². The molecule has 18 heavy (non-hydrogen) atoms. The van der Waals surface area contributed by atoms with Crippen molar-refractivity contribution < 1.29 is 13.3 Å². The van der Waals surface area contributed by atoms with E-state index in [2.05, 4.69) is 6.92 Å². The van der Waals surface area contributed by atoms with Gasteiger partial charge in [0.2, 0.25) is 10.0 Å². The number of nitrogens with zero attached hydrogens (tertiary/aromatic N) is 1. The summed E-state index contributed by atoms with van der Waals surface area (Å²) in [6, 6.07) is 6.36. The average molecular weight is 290 g/mol. The molecule has 1 heterocycles. The summed E-state index contributed by atoms with van der Waals surface area (Å²) in [5, 5.41) is 0.550. The third-order valence-electron chi connectivity index (χ3n) is 3.38. The van der Waals surface area contributed by atoms with Crippen molar-refractivity contribution >= 4 is 21.6 Å². The first-order chi connectivity index (χ1) is 8.54. The van der Waals surface area contributed by atoms with E-state index in [9.17, 15) is 8.42 Å². The van der Waals surface area contributed by atoms with Gasteiger partial charge in [0.05, 0.1) is 37.6 Å². The summed E-state index contributed by atoms with van der Waals surface area (Å²) in [6.45, 7) is 6.11. The van der Waals surface area contributed by atoms with E-state index < -0.39 is 10.0 Å². The van der Waals surface area contributed by atoms with E-state index in [4.69, 9.17) is 11.6 Å². The lowest BCUT2D eigenvalue weighted by atomic mass is 10.4. The first kappa shape index (κ1) is 13.8. The molecule has 1 fully saturated rings. The van der Waals surface area contributed by atoms with Crippen LogP contribution >= 0.6 is 11.6 Å². The third-order valence-corrected chi connectivity index (χ3v) is 5.55. The number of sulfonamides is 1. The molecule has 0 spiro atoms. The summed E-state index contributed by atoms with van der Waals surface area (Å²) in [4.78, 5) is 1.78. The minimum Gasteiger partial charge on any atom is -0.333 e. The molecular weight excluding hydrogens is 272 g/mol. The van der Waals surface area contributed by atoms with Crippen LogP contribution in [0, 0.1) is 0 Å². The smallest absolute Gasteiger partial charge is 0.243 e. The monoisotopic (exact) mass is 289 g/mol. The maximum atomic E-state index is 12.4. The fourth-order valence-corrected chi connectivity index (χ4v) is 3.72. The Morgan fingerprint density at radius 2 is 1.78 bits per heavy atom. The van der Waals surface area contributed by atoms with Gasteiger partial charge in [-0.3, -0.25) is 0 Å². The Bertz CT molecular complexity index is 493. The molecule has 4 nitrogen and oxygen atoms in total. The van der Waals surface area contributed by atoms with E-state index in [1.54, 1.807) is 28.6 Å². The van der Waals surface area contributed by atoms with Gasteiger partial charge in [0, 0.05) is 5.02 Å². The van der Waals surface area contributed by atoms with E-state index >= 15 is 0 Å². The normalized spacial score (nSPS) is 19.0. The molecule has 0 aliphatic carbocycles. The highest BCUT2D eigenvalue weighted by atomic mass is 35.5. The van der Waals surface area contributed by atoms with Crippen molar-refractivity contribution in [2.45, 2.75) is 11.8 Å². The van der Waals surface area contributed by atoms with Crippen LogP contribution in [-0.2, 0) is 10.0 Å². The van der Waals surface area contributed by atoms with Gasteiger partial charge < -0.3 is 4.90 Å². The first-order valence-corrected chi connectivity index (χ1v) is 7.95. The molecular formula is C12H18ClN2O2S+. The zero-order valence-corrected chi connectivity index (χ0v) is 12.0. The molecule has 2 rings (SSSR count). The maximum Gasteiger partial charge on any atom is 0.243 e. The van der Waals surface area contributed by atoms with Crippen molar-refractivity contribution in [2.75, 3.05) is 32.7 Å². The van der Waals surface area contributed by atoms with Gasteiger partial charge >= 0.3 is 0 Å². The highest BCUT2D eigenvalue weighted by molar-refractivity contribution is 7.89. The fourth-order valence-electron chi connectivity index (χ4n) is 2.15. The molecule has 0 bridgehead atoms. The van der Waals surface area contributed by atoms with Gasteiger partial charge in [-0.05, 0) is 31.2 Å². The van der Waals surface area contributed by atoms with Crippen LogP contribution in [0.5, 0.6) is 0 Å². The molecule has 100 valence electrons. The van der Waals surface area contributed by atoms with Crippen LogP contribution in [-0.4, -0.2) is 45.4 Å². The standard InChI is InChI=1S/C12H17ClN2O2S/c1-2-14-7-9-15(10-8-14)18(16,17)12-5-3-11(13)4-6-12/h3-6H,2,7-10H2,1H3/p+1. The number of halogens is 1. The van der Waals surface area contributed by atoms with Crippen LogP contribution in [0.1, 0.15) is 6.92 Å². The minimum absolute atomic E-state index is 0.326. The van der Waals surface area contributed by atoms with Gasteiger partial charge in [0.15, 0.2) is 0 Å². The molecule has 0 unspecified atom stereocenters. The molecule has 1 aliphatic rings. The number of nitrogens with one attached hydrogen (secondary N) is 1. The largest absolute Gasteiger partial charge is 0.333 e. The second-order valence-electron chi connectivity index (χ2n) is 4.46. The molecule has 0 aromatic heterocycles. The zero-order chi connectivity index (χ0) is 13.2. The molecule has 0 saturated carbocycles. The topological polar surface area (TPSA) is 41.8 Å². The summed E-state index contributed by atoms with van der Waals surface area (Å²) < 4.78 is 26.3. The minimum atomic E-state index is -3.35. The van der Waals surface area contributed by atoms with Crippen LogP contribution < -0.4 is 4.90 Å². The lowest BCUT2D eigenvalue weighted by molar-refractivity contribution is -0.901. The number of likely N-dealkylation sites (N-methyl/N-ethyl adjacent to an activating group) is 1. The van der Waals surface area contributed by atoms with Crippen LogP contribution in [0.25, 0.3) is 0 Å². The maximum absolute atomic E-state index is 12.4. The molecule has 0 amide bonds. The van der Waals surface area contributed by atoms with Crippen molar-refractivity contribution in [2.24, 2.45) is 0 Å². The molecule has 1 aromatic rings. The van der Waals surface area contributed by atoms with Gasteiger partial charge in [-0.15, -0.1) is 0 Å². The van der Waals surface area contributed by atoms with Gasteiger partial charge in [0.25, 0.3) is 0 Å². The average Bonchev–Trinajstić information content (AvgIpc) is 2.39. The number of hydrogen-bond donors (Lipinski definition) is 1. The molecule has 1 N–H and O–H groups in total. The van der Waals surface area contributed by atoms with Crippen molar-refractivity contribution in [3.8, 4) is 0 Å². The predicted octanol–water partition coefficient (Wildman–Crippen LogP) is 0.249. The molecule has 1 aromatic carbocycles. The Balaban J connectivity index is 2.15. The van der Waals surface area contributed by atoms with E-state index in [1.807, 2.05) is 0 Å². The van der Waals surface area contributed by atoms with Crippen LogP contribution in [0.15, 0.2) is 29.2 Å². The second-order valence-corrected chi connectivity index (χ2v) is 6.84. The SMILES string of the molecule is CC[NH+]1CCN(S(=O)(=O)c2ccc(Cl)cc2)CC1. The van der Waals surface area contributed by atoms with E-state index in [0.29, 0.717) is 23.0 Å². The fraction of sp³-hybridized carbons (Fsp3) is 0.500. The number of hydrogen-bond acceptors (Lipinski definition) is 2. The Hall–Kier alpha value is -0.620. The van der Waals surface area contributed by atoms with Crippen LogP contribution in [0.2, 0.25) is 5.02 Å². The number of quaternary nitrogens is 1. The molecule has 0 atom stereocenters. The van der Waals surface area contributed by atoms with Crippen LogP contribution in [0.3, 0.4) is 0 Å². The van der Waals surface area contributed by atoms with Gasteiger partial charge in [-0.25, -0.2) is 8.42 Å². The quantitative estimate of drug-likeness (QED) is 0.867. The number of rotatable bonds is 3. The predicted molar refractivity (Wildman–Crippen MR) is 71.4 cm³/mol. The Morgan fingerprint density at radius 3 is 2.28 bits per heavy atom. The molecule has 1 saturated heterocycles. The summed E-state index contributed by atoms with van der Waals surface area (Å²) in [6.07, 6.45) is 0. The highest BCUT2D eigenvalue weighted by Crippen LogP contribution is 2.18. The van der Waals surface area contributed by atoms with E-state index in [0.717, 1.165) is 19.6 Å². The molecule has 0 radical (unpaired) electrons. The summed E-state index contributed by atoms with van der Waals surface area (Å²) in [7, 11) is -3.35. The first-order valence-electron chi connectivity index (χ1n) is 6.13. The van der Waals surface area contributed by atoms with Gasteiger partial charge in [-0.1, -0.05) is 11.6 Å². The third kappa shape index (κ3) is 2.85. The number of piperazine rings is 1. The van der Waals surface area contributed by atoms with E-state index in [-0.39, 0.29) is 0 Å². The van der Waals surface area contributed by atoms with Gasteiger partial charge in [0.1, 0.15) is 0 Å². The lowest BCUT2D eigenvalue weighted by Gasteiger charge is -2.30. The van der Waals surface area contributed by atoms with Crippen molar-refractivity contribution in [3.05, 3.63) is 29.3 Å². The van der Waals surface area contributed by atoms with Gasteiger partial charge in [-0.2, -0.15) is 4.31 Å². The Morgan fingerprint density at radius 1 is 1.22 bits per heavy atom. The Kier molecular flexibility index (Phi) is 4.27. The summed E-state index contributed by atoms with van der Waals surface area (Å²) >= 11 is 5.77. The highest BCUT2D eigenvalue weighted by Gasteiger charge is 2.29. The van der Waals surface area contributed by atoms with Crippen molar-refractivity contribution in [1.29, 1.82) is 0 Å². The molecule has 1 aliphatic heterocycles. The summed E-state index contributed by atoms with van der Waals surface area (Å²) in [5.41, 5.74) is 0. The second kappa shape index (κ2) is 5.57. The summed E-state index contributed by atoms with van der Waals surface area (Å²) in [5.74, 6) is 0. The number of benzene rings is 1.